The van der Waals surface area contributed by atoms with E-state index in [1.807, 2.05) is 0 Å². The fourth-order valence-electron chi connectivity index (χ4n) is 1.30. The number of piperidine rings is 1. The van der Waals surface area contributed by atoms with Gasteiger partial charge >= 0.3 is 0 Å². The van der Waals surface area contributed by atoms with Crippen LogP contribution in [0.15, 0.2) is 0 Å². The molecule has 9 heavy (non-hydrogen) atoms. The zero-order valence-corrected chi connectivity index (χ0v) is 6.18. The standard InChI is InChI=1S/C7H15NO/c1-6-5-7(9-2)3-4-8-6/h6-8H,3-5H2,1-2H3/t6-,7?/m0/s1. The molecule has 0 amide bonds. The number of rotatable bonds is 1. The third-order valence-corrected chi connectivity index (χ3v) is 1.91. The predicted molar refractivity (Wildman–Crippen MR) is 37.5 cm³/mol. The fourth-order valence-corrected chi connectivity index (χ4v) is 1.30. The molecule has 0 spiro atoms. The highest BCUT2D eigenvalue weighted by molar-refractivity contribution is 4.74. The Morgan fingerprint density at radius 3 is 2.78 bits per heavy atom. The van der Waals surface area contributed by atoms with E-state index in [4.69, 9.17) is 4.74 Å². The number of nitrogens with one attached hydrogen (secondary N) is 1. The van der Waals surface area contributed by atoms with Crippen molar-refractivity contribution in [2.75, 3.05) is 13.7 Å². The minimum Gasteiger partial charge on any atom is -0.381 e. The summed E-state index contributed by atoms with van der Waals surface area (Å²) in [6.07, 6.45) is 2.83. The molecule has 1 unspecified atom stereocenters. The molecule has 2 nitrogen and oxygen atoms in total. The molecule has 1 rings (SSSR count). The lowest BCUT2D eigenvalue weighted by molar-refractivity contribution is 0.0647. The molecule has 2 atom stereocenters. The minimum absolute atomic E-state index is 0.501. The van der Waals surface area contributed by atoms with Gasteiger partial charge in [-0.2, -0.15) is 0 Å². The second kappa shape index (κ2) is 3.18. The van der Waals surface area contributed by atoms with Crippen LogP contribution in [-0.2, 0) is 4.74 Å². The van der Waals surface area contributed by atoms with E-state index in [1.54, 1.807) is 7.11 Å². The van der Waals surface area contributed by atoms with Gasteiger partial charge in [-0.1, -0.05) is 0 Å². The van der Waals surface area contributed by atoms with Crippen LogP contribution in [0.5, 0.6) is 0 Å². The molecule has 1 saturated heterocycles. The zero-order valence-electron chi connectivity index (χ0n) is 6.18. The predicted octanol–water partition coefficient (Wildman–Crippen LogP) is 0.773. The van der Waals surface area contributed by atoms with Crippen LogP contribution in [0.2, 0.25) is 0 Å². The second-order valence-electron chi connectivity index (χ2n) is 2.74. The van der Waals surface area contributed by atoms with E-state index in [-0.39, 0.29) is 0 Å². The first kappa shape index (κ1) is 7.03. The van der Waals surface area contributed by atoms with E-state index < -0.39 is 0 Å². The Balaban J connectivity index is 2.23. The summed E-state index contributed by atoms with van der Waals surface area (Å²) in [6, 6.07) is 0.642. The van der Waals surface area contributed by atoms with Crippen molar-refractivity contribution in [3.63, 3.8) is 0 Å². The molecule has 0 aromatic carbocycles. The molecule has 54 valence electrons. The molecule has 1 N–H and O–H groups in total. The quantitative estimate of drug-likeness (QED) is 0.564. The summed E-state index contributed by atoms with van der Waals surface area (Å²) in [5.41, 5.74) is 0. The highest BCUT2D eigenvalue weighted by atomic mass is 16.5. The summed E-state index contributed by atoms with van der Waals surface area (Å²) in [6.45, 7) is 3.31. The normalized spacial score (nSPS) is 36.7. The molecule has 0 saturated carbocycles. The van der Waals surface area contributed by atoms with Gasteiger partial charge in [-0.25, -0.2) is 0 Å². The topological polar surface area (TPSA) is 21.3 Å². The van der Waals surface area contributed by atoms with Gasteiger partial charge in [0.05, 0.1) is 6.10 Å². The van der Waals surface area contributed by atoms with E-state index in [0.29, 0.717) is 12.1 Å². The Hall–Kier alpha value is -0.0800. The van der Waals surface area contributed by atoms with Crippen LogP contribution in [0.1, 0.15) is 19.8 Å². The molecule has 0 aromatic heterocycles. The Kier molecular flexibility index (Phi) is 2.49. The van der Waals surface area contributed by atoms with E-state index in [9.17, 15) is 0 Å². The lowest BCUT2D eigenvalue weighted by Crippen LogP contribution is -2.38. The molecule has 1 aliphatic rings. The first-order chi connectivity index (χ1) is 4.33. The second-order valence-corrected chi connectivity index (χ2v) is 2.74. The summed E-state index contributed by atoms with van der Waals surface area (Å²) in [5, 5.41) is 3.37. The van der Waals surface area contributed by atoms with Crippen LogP contribution in [0.3, 0.4) is 0 Å². The fraction of sp³-hybridized carbons (Fsp3) is 1.00. The summed E-state index contributed by atoms with van der Waals surface area (Å²) in [5.74, 6) is 0. The monoisotopic (exact) mass is 129 g/mol. The average Bonchev–Trinajstić information content (AvgIpc) is 1.88. The van der Waals surface area contributed by atoms with Gasteiger partial charge in [-0.05, 0) is 26.3 Å². The van der Waals surface area contributed by atoms with Crippen LogP contribution in [0, 0.1) is 0 Å². The number of hydrogen-bond donors (Lipinski definition) is 1. The van der Waals surface area contributed by atoms with Crippen LogP contribution < -0.4 is 5.32 Å². The lowest BCUT2D eigenvalue weighted by Gasteiger charge is -2.26. The van der Waals surface area contributed by atoms with Crippen molar-refractivity contribution in [3.8, 4) is 0 Å². The highest BCUT2D eigenvalue weighted by Crippen LogP contribution is 2.10. The average molecular weight is 129 g/mol. The summed E-state index contributed by atoms with van der Waals surface area (Å²) >= 11 is 0. The Labute approximate surface area is 56.6 Å². The third kappa shape index (κ3) is 1.95. The van der Waals surface area contributed by atoms with E-state index in [0.717, 1.165) is 13.0 Å². The maximum atomic E-state index is 5.22. The molecule has 1 aliphatic heterocycles. The van der Waals surface area contributed by atoms with Gasteiger partial charge in [0.2, 0.25) is 0 Å². The third-order valence-electron chi connectivity index (χ3n) is 1.91. The van der Waals surface area contributed by atoms with Gasteiger partial charge in [-0.15, -0.1) is 0 Å². The smallest absolute Gasteiger partial charge is 0.0598 e. The summed E-state index contributed by atoms with van der Waals surface area (Å²) in [7, 11) is 1.79. The van der Waals surface area contributed by atoms with Gasteiger partial charge in [0, 0.05) is 13.2 Å². The maximum absolute atomic E-state index is 5.22. The molecular formula is C7H15NO. The van der Waals surface area contributed by atoms with Crippen LogP contribution in [0.25, 0.3) is 0 Å². The van der Waals surface area contributed by atoms with E-state index in [1.165, 1.54) is 6.42 Å². The van der Waals surface area contributed by atoms with Crippen LogP contribution >= 0.6 is 0 Å². The molecule has 0 aliphatic carbocycles. The van der Waals surface area contributed by atoms with E-state index in [2.05, 4.69) is 12.2 Å². The van der Waals surface area contributed by atoms with Gasteiger partial charge in [0.15, 0.2) is 0 Å². The number of ether oxygens (including phenoxy) is 1. The number of hydrogen-bond acceptors (Lipinski definition) is 2. The Morgan fingerprint density at radius 2 is 2.33 bits per heavy atom. The maximum Gasteiger partial charge on any atom is 0.0598 e. The molecule has 0 radical (unpaired) electrons. The van der Waals surface area contributed by atoms with Crippen molar-refractivity contribution in [2.45, 2.75) is 31.9 Å². The van der Waals surface area contributed by atoms with Gasteiger partial charge in [0.1, 0.15) is 0 Å². The Morgan fingerprint density at radius 1 is 1.56 bits per heavy atom. The van der Waals surface area contributed by atoms with Crippen LogP contribution in [-0.4, -0.2) is 25.8 Å². The molecule has 1 heterocycles. The van der Waals surface area contributed by atoms with Crippen molar-refractivity contribution in [2.24, 2.45) is 0 Å². The van der Waals surface area contributed by atoms with Gasteiger partial charge < -0.3 is 10.1 Å². The Bertz CT molecular complexity index is 85.0. The van der Waals surface area contributed by atoms with Crippen molar-refractivity contribution >= 4 is 0 Å². The molecular weight excluding hydrogens is 114 g/mol. The summed E-state index contributed by atoms with van der Waals surface area (Å²) in [4.78, 5) is 0. The largest absolute Gasteiger partial charge is 0.381 e. The van der Waals surface area contributed by atoms with Crippen molar-refractivity contribution in [1.29, 1.82) is 0 Å². The highest BCUT2D eigenvalue weighted by Gasteiger charge is 2.16. The SMILES string of the molecule is COC1CCN[C@@H](C)C1. The molecule has 0 aromatic rings. The van der Waals surface area contributed by atoms with E-state index >= 15 is 0 Å². The molecule has 0 bridgehead atoms. The van der Waals surface area contributed by atoms with Crippen molar-refractivity contribution < 1.29 is 4.74 Å². The first-order valence-corrected chi connectivity index (χ1v) is 3.59. The zero-order chi connectivity index (χ0) is 6.69. The first-order valence-electron chi connectivity index (χ1n) is 3.59. The van der Waals surface area contributed by atoms with Gasteiger partial charge in [-0.3, -0.25) is 0 Å². The minimum atomic E-state index is 0.501. The molecule has 2 heteroatoms. The number of methoxy groups -OCH3 is 1. The van der Waals surface area contributed by atoms with Crippen molar-refractivity contribution in [3.05, 3.63) is 0 Å². The summed E-state index contributed by atoms with van der Waals surface area (Å²) < 4.78 is 5.22. The molecule has 1 fully saturated rings. The van der Waals surface area contributed by atoms with Crippen molar-refractivity contribution in [1.82, 2.24) is 5.32 Å². The van der Waals surface area contributed by atoms with Gasteiger partial charge in [0.25, 0.3) is 0 Å². The van der Waals surface area contributed by atoms with Crippen LogP contribution in [0.4, 0.5) is 0 Å². The lowest BCUT2D eigenvalue weighted by atomic mass is 10.0.